The van der Waals surface area contributed by atoms with Crippen LogP contribution in [-0.4, -0.2) is 81.6 Å². The van der Waals surface area contributed by atoms with Gasteiger partial charge in [0.1, 0.15) is 5.60 Å². The first-order chi connectivity index (χ1) is 18.8. The van der Waals surface area contributed by atoms with Crippen molar-refractivity contribution in [1.29, 1.82) is 0 Å². The number of amides is 2. The van der Waals surface area contributed by atoms with Crippen molar-refractivity contribution >= 4 is 12.0 Å². The van der Waals surface area contributed by atoms with Crippen LogP contribution < -0.4 is 0 Å². The maximum absolute atomic E-state index is 13.3. The van der Waals surface area contributed by atoms with Gasteiger partial charge < -0.3 is 14.5 Å². The number of rotatable bonds is 7. The van der Waals surface area contributed by atoms with Crippen molar-refractivity contribution in [2.75, 3.05) is 32.7 Å². The van der Waals surface area contributed by atoms with Crippen LogP contribution in [0.4, 0.5) is 4.79 Å². The largest absolute Gasteiger partial charge is 0.440 e. The number of ether oxygens (including phenoxy) is 1. The molecule has 0 radical (unpaired) electrons. The van der Waals surface area contributed by atoms with Crippen LogP contribution in [0.3, 0.4) is 0 Å². The van der Waals surface area contributed by atoms with Gasteiger partial charge >= 0.3 is 6.09 Å². The van der Waals surface area contributed by atoms with E-state index in [0.29, 0.717) is 5.92 Å². The fourth-order valence-electron chi connectivity index (χ4n) is 7.92. The quantitative estimate of drug-likeness (QED) is 0.419. The molecule has 0 aromatic carbocycles. The summed E-state index contributed by atoms with van der Waals surface area (Å²) < 4.78 is 6.34. The summed E-state index contributed by atoms with van der Waals surface area (Å²) in [5.41, 5.74) is 2.32. The van der Waals surface area contributed by atoms with E-state index in [2.05, 4.69) is 28.6 Å². The molecule has 1 aliphatic carbocycles. The third-order valence-corrected chi connectivity index (χ3v) is 10.6. The highest BCUT2D eigenvalue weighted by Crippen LogP contribution is 2.44. The van der Waals surface area contributed by atoms with E-state index in [-0.39, 0.29) is 29.2 Å². The summed E-state index contributed by atoms with van der Waals surface area (Å²) in [5.74, 6) is 0.754. The molecule has 2 amide bonds. The highest BCUT2D eigenvalue weighted by molar-refractivity contribution is 5.96. The lowest BCUT2D eigenvalue weighted by atomic mass is 9.78. The lowest BCUT2D eigenvalue weighted by molar-refractivity contribution is -0.0601. The molecule has 39 heavy (non-hydrogen) atoms. The van der Waals surface area contributed by atoms with Crippen LogP contribution in [0.25, 0.3) is 0 Å². The van der Waals surface area contributed by atoms with E-state index < -0.39 is 0 Å². The van der Waals surface area contributed by atoms with Gasteiger partial charge in [-0.1, -0.05) is 39.0 Å². The molecule has 216 valence electrons. The zero-order valence-corrected chi connectivity index (χ0v) is 24.8. The Bertz CT molecular complexity index is 1000. The van der Waals surface area contributed by atoms with Crippen molar-refractivity contribution in [3.05, 3.63) is 29.1 Å². The van der Waals surface area contributed by atoms with Gasteiger partial charge in [-0.15, -0.1) is 0 Å². The zero-order chi connectivity index (χ0) is 27.6. The first-order valence-corrected chi connectivity index (χ1v) is 15.7. The molecule has 0 bridgehead atoms. The van der Waals surface area contributed by atoms with E-state index >= 15 is 0 Å². The molecular weight excluding hydrogens is 488 g/mol. The molecule has 3 saturated heterocycles. The van der Waals surface area contributed by atoms with E-state index in [1.165, 1.54) is 32.1 Å². The Labute approximate surface area is 235 Å². The number of hydrogen-bond donors (Lipinski definition) is 0. The molecule has 4 fully saturated rings. The zero-order valence-electron chi connectivity index (χ0n) is 24.8. The van der Waals surface area contributed by atoms with Gasteiger partial charge in [0, 0.05) is 57.3 Å². The van der Waals surface area contributed by atoms with Gasteiger partial charge in [-0.2, -0.15) is 0 Å². The number of carbonyl (C=O) groups is 2. The van der Waals surface area contributed by atoms with E-state index in [0.717, 1.165) is 94.5 Å². The van der Waals surface area contributed by atoms with Crippen molar-refractivity contribution in [2.45, 2.75) is 122 Å². The number of unbranched alkanes of at least 4 members (excludes halogenated alkanes) is 1. The maximum Gasteiger partial charge on any atom is 0.410 e. The normalized spacial score (nSPS) is 25.7. The third-order valence-electron chi connectivity index (χ3n) is 10.6. The second-order valence-electron chi connectivity index (χ2n) is 13.1. The van der Waals surface area contributed by atoms with Gasteiger partial charge in [-0.3, -0.25) is 14.7 Å². The summed E-state index contributed by atoms with van der Waals surface area (Å²) in [7, 11) is 0. The van der Waals surface area contributed by atoms with Gasteiger partial charge in [-0.25, -0.2) is 4.79 Å². The summed E-state index contributed by atoms with van der Waals surface area (Å²) in [4.78, 5) is 37.8. The van der Waals surface area contributed by atoms with Gasteiger partial charge in [-0.05, 0) is 70.4 Å². The van der Waals surface area contributed by atoms with Gasteiger partial charge in [0.25, 0.3) is 5.91 Å². The molecule has 1 unspecified atom stereocenters. The average Bonchev–Trinajstić information content (AvgIpc) is 3.17. The topological polar surface area (TPSA) is 66.0 Å². The molecule has 7 heteroatoms. The van der Waals surface area contributed by atoms with Crippen molar-refractivity contribution in [1.82, 2.24) is 19.7 Å². The Morgan fingerprint density at radius 2 is 1.74 bits per heavy atom. The second-order valence-corrected chi connectivity index (χ2v) is 13.1. The van der Waals surface area contributed by atoms with Crippen molar-refractivity contribution in [3.63, 3.8) is 0 Å². The van der Waals surface area contributed by atoms with E-state index in [9.17, 15) is 9.59 Å². The molecule has 0 N–H and O–H groups in total. The van der Waals surface area contributed by atoms with E-state index in [4.69, 9.17) is 4.74 Å². The van der Waals surface area contributed by atoms with Crippen LogP contribution >= 0.6 is 0 Å². The molecule has 7 nitrogen and oxygen atoms in total. The van der Waals surface area contributed by atoms with Crippen molar-refractivity contribution in [2.24, 2.45) is 5.92 Å². The Hall–Kier alpha value is -2.15. The lowest BCUT2D eigenvalue weighted by Crippen LogP contribution is -2.60. The van der Waals surface area contributed by atoms with E-state index in [1.54, 1.807) is 6.20 Å². The number of nitrogens with zero attached hydrogens (tertiary/aromatic N) is 4. The maximum atomic E-state index is 13.3. The Morgan fingerprint density at radius 1 is 1.05 bits per heavy atom. The van der Waals surface area contributed by atoms with E-state index in [1.807, 2.05) is 24.8 Å². The molecule has 1 aromatic rings. The third kappa shape index (κ3) is 5.71. The molecule has 1 saturated carbocycles. The smallest absolute Gasteiger partial charge is 0.410 e. The predicted octanol–water partition coefficient (Wildman–Crippen LogP) is 6.12. The average molecular weight is 539 g/mol. The lowest BCUT2D eigenvalue weighted by Gasteiger charge is -2.51. The number of carbonyl (C=O) groups excluding carboxylic acids is 2. The van der Waals surface area contributed by atoms with Crippen LogP contribution in [0.1, 0.15) is 113 Å². The summed E-state index contributed by atoms with van der Waals surface area (Å²) >= 11 is 0. The Kier molecular flexibility index (Phi) is 8.56. The number of pyridine rings is 1. The molecule has 5 rings (SSSR count). The summed E-state index contributed by atoms with van der Waals surface area (Å²) in [5, 5.41) is 0. The van der Waals surface area contributed by atoms with Crippen LogP contribution in [0.5, 0.6) is 0 Å². The minimum atomic E-state index is -0.334. The molecule has 4 heterocycles. The fourth-order valence-corrected chi connectivity index (χ4v) is 7.92. The monoisotopic (exact) mass is 538 g/mol. The number of piperidine rings is 2. The predicted molar refractivity (Wildman–Crippen MR) is 154 cm³/mol. The van der Waals surface area contributed by atoms with Crippen LogP contribution in [0, 0.1) is 19.8 Å². The first kappa shape index (κ1) is 28.4. The standard InChI is InChI=1S/C32H50N4O3/c1-5-6-12-27-32(39-30(38)36(27)23-26-10-8-7-9-11-26)16-21-35(22-17-32)31(4)14-19-34(20-15-31)29(37)28-24(2)13-18-33-25(28)3/h13,18,26-27H,5-12,14-17,19-23H2,1-4H3. The summed E-state index contributed by atoms with van der Waals surface area (Å²) in [6, 6.07) is 2.14. The van der Waals surface area contributed by atoms with Crippen LogP contribution in [0.15, 0.2) is 12.3 Å². The minimum absolute atomic E-state index is 0.0610. The van der Waals surface area contributed by atoms with Crippen LogP contribution in [0.2, 0.25) is 0 Å². The minimum Gasteiger partial charge on any atom is -0.440 e. The molecule has 4 aliphatic rings. The Morgan fingerprint density at radius 3 is 2.38 bits per heavy atom. The Balaban J connectivity index is 1.21. The van der Waals surface area contributed by atoms with Crippen molar-refractivity contribution in [3.8, 4) is 0 Å². The highest BCUT2D eigenvalue weighted by Gasteiger charge is 2.55. The van der Waals surface area contributed by atoms with Gasteiger partial charge in [0.05, 0.1) is 17.3 Å². The molecular formula is C32H50N4O3. The first-order valence-electron chi connectivity index (χ1n) is 15.7. The summed E-state index contributed by atoms with van der Waals surface area (Å²) in [6.45, 7) is 12.9. The molecule has 1 aromatic heterocycles. The van der Waals surface area contributed by atoms with Crippen LogP contribution in [-0.2, 0) is 4.74 Å². The number of aromatic nitrogens is 1. The highest BCUT2D eigenvalue weighted by atomic mass is 16.6. The number of likely N-dealkylation sites (tertiary alicyclic amines) is 2. The van der Waals surface area contributed by atoms with Gasteiger partial charge in [0.15, 0.2) is 0 Å². The molecule has 3 aliphatic heterocycles. The number of hydrogen-bond acceptors (Lipinski definition) is 5. The van der Waals surface area contributed by atoms with Gasteiger partial charge in [0.2, 0.25) is 0 Å². The molecule has 1 atom stereocenters. The summed E-state index contributed by atoms with van der Waals surface area (Å²) in [6.07, 6.45) is 15.3. The molecule has 1 spiro atoms. The van der Waals surface area contributed by atoms with Crippen molar-refractivity contribution < 1.29 is 14.3 Å². The number of aryl methyl sites for hydroxylation is 2. The SMILES string of the molecule is CCCCC1N(CC2CCCCC2)C(=O)OC12CCN(C1(C)CCN(C(=O)c3c(C)ccnc3C)CC1)CC2. The second kappa shape index (κ2) is 11.8. The fraction of sp³-hybridized carbons (Fsp3) is 0.781.